The van der Waals surface area contributed by atoms with Gasteiger partial charge in [0.2, 0.25) is 5.91 Å². The Labute approximate surface area is 115 Å². The molecule has 1 atom stereocenters. The molecule has 1 amide bonds. The number of hydrogen-bond donors (Lipinski definition) is 1. The molecular formula is C12H19F3N4O. The van der Waals surface area contributed by atoms with E-state index >= 15 is 0 Å². The van der Waals surface area contributed by atoms with E-state index in [2.05, 4.69) is 5.10 Å². The van der Waals surface area contributed by atoms with Crippen LogP contribution in [0.15, 0.2) is 6.20 Å². The summed E-state index contributed by atoms with van der Waals surface area (Å²) in [5, 5.41) is 3.40. The molecule has 0 radical (unpaired) electrons. The molecule has 114 valence electrons. The Balaban J connectivity index is 2.86. The van der Waals surface area contributed by atoms with Crippen LogP contribution in [0.5, 0.6) is 0 Å². The van der Waals surface area contributed by atoms with Crippen molar-refractivity contribution in [3.63, 3.8) is 0 Å². The third kappa shape index (κ3) is 3.96. The standard InChI is InChI=1S/C12H19F3N4O/c1-4-5-9(16)11(20)18(2)6-8-7-19(3)17-10(8)12(13,14)15/h7,9H,4-6,16H2,1-3H3/t9-/m1/s1. The van der Waals surface area contributed by atoms with Gasteiger partial charge >= 0.3 is 6.18 Å². The number of carbonyl (C=O) groups excluding carboxylic acids is 1. The predicted octanol–water partition coefficient (Wildman–Crippen LogP) is 1.52. The summed E-state index contributed by atoms with van der Waals surface area (Å²) in [6.07, 6.45) is -2.03. The lowest BCUT2D eigenvalue weighted by atomic mass is 10.1. The van der Waals surface area contributed by atoms with Crippen LogP contribution in [-0.4, -0.2) is 33.7 Å². The number of rotatable bonds is 5. The first-order valence-corrected chi connectivity index (χ1v) is 6.27. The Morgan fingerprint density at radius 1 is 1.55 bits per heavy atom. The zero-order chi connectivity index (χ0) is 15.5. The average molecular weight is 292 g/mol. The number of nitrogens with zero attached hydrogens (tertiary/aromatic N) is 3. The summed E-state index contributed by atoms with van der Waals surface area (Å²) in [4.78, 5) is 13.1. The molecule has 5 nitrogen and oxygen atoms in total. The molecule has 0 aliphatic carbocycles. The molecule has 2 N–H and O–H groups in total. The second-order valence-corrected chi connectivity index (χ2v) is 4.76. The summed E-state index contributed by atoms with van der Waals surface area (Å²) in [7, 11) is 2.84. The quantitative estimate of drug-likeness (QED) is 0.895. The number of hydrogen-bond acceptors (Lipinski definition) is 3. The lowest BCUT2D eigenvalue weighted by molar-refractivity contribution is -0.143. The fraction of sp³-hybridized carbons (Fsp3) is 0.667. The number of halogens is 3. The Morgan fingerprint density at radius 3 is 2.65 bits per heavy atom. The van der Waals surface area contributed by atoms with Crippen LogP contribution < -0.4 is 5.73 Å². The molecule has 0 spiro atoms. The van der Waals surface area contributed by atoms with Gasteiger partial charge in [-0.1, -0.05) is 13.3 Å². The van der Waals surface area contributed by atoms with Gasteiger partial charge < -0.3 is 10.6 Å². The van der Waals surface area contributed by atoms with Crippen LogP contribution in [0.2, 0.25) is 0 Å². The smallest absolute Gasteiger partial charge is 0.340 e. The maximum atomic E-state index is 12.8. The van der Waals surface area contributed by atoms with Crippen molar-refractivity contribution in [2.75, 3.05) is 7.05 Å². The van der Waals surface area contributed by atoms with E-state index in [1.54, 1.807) is 0 Å². The molecule has 1 heterocycles. The first kappa shape index (κ1) is 16.5. The second kappa shape index (κ2) is 6.25. The number of aryl methyl sites for hydroxylation is 1. The summed E-state index contributed by atoms with van der Waals surface area (Å²) in [6, 6.07) is -0.684. The first-order valence-electron chi connectivity index (χ1n) is 6.27. The van der Waals surface area contributed by atoms with Gasteiger partial charge in [0, 0.05) is 32.4 Å². The van der Waals surface area contributed by atoms with Crippen molar-refractivity contribution in [3.05, 3.63) is 17.5 Å². The van der Waals surface area contributed by atoms with Crippen LogP contribution in [-0.2, 0) is 24.6 Å². The second-order valence-electron chi connectivity index (χ2n) is 4.76. The van der Waals surface area contributed by atoms with E-state index in [0.29, 0.717) is 6.42 Å². The minimum Gasteiger partial charge on any atom is -0.340 e. The summed E-state index contributed by atoms with van der Waals surface area (Å²) >= 11 is 0. The summed E-state index contributed by atoms with van der Waals surface area (Å²) in [5.74, 6) is -0.371. The van der Waals surface area contributed by atoms with Gasteiger partial charge in [-0.25, -0.2) is 0 Å². The average Bonchev–Trinajstić information content (AvgIpc) is 2.69. The minimum absolute atomic E-state index is 0.0421. The fourth-order valence-electron chi connectivity index (χ4n) is 1.94. The van der Waals surface area contributed by atoms with Gasteiger partial charge in [-0.2, -0.15) is 18.3 Å². The van der Waals surface area contributed by atoms with Gasteiger partial charge in [0.25, 0.3) is 0 Å². The topological polar surface area (TPSA) is 64.2 Å². The van der Waals surface area contributed by atoms with Crippen molar-refractivity contribution in [1.82, 2.24) is 14.7 Å². The van der Waals surface area contributed by atoms with E-state index in [-0.39, 0.29) is 18.0 Å². The van der Waals surface area contributed by atoms with Crippen molar-refractivity contribution in [1.29, 1.82) is 0 Å². The van der Waals surface area contributed by atoms with Crippen molar-refractivity contribution in [3.8, 4) is 0 Å². The molecule has 0 saturated carbocycles. The summed E-state index contributed by atoms with van der Waals surface area (Å²) < 4.78 is 39.5. The molecule has 0 saturated heterocycles. The summed E-state index contributed by atoms with van der Waals surface area (Å²) in [6.45, 7) is 1.72. The van der Waals surface area contributed by atoms with Crippen molar-refractivity contribution in [2.24, 2.45) is 12.8 Å². The molecule has 0 fully saturated rings. The molecule has 0 aliphatic rings. The van der Waals surface area contributed by atoms with Gasteiger partial charge in [-0.3, -0.25) is 9.48 Å². The minimum atomic E-state index is -4.54. The highest BCUT2D eigenvalue weighted by Crippen LogP contribution is 2.31. The Kier molecular flexibility index (Phi) is 5.15. The number of amides is 1. The number of likely N-dealkylation sites (N-methyl/N-ethyl adjacent to an activating group) is 1. The van der Waals surface area contributed by atoms with E-state index < -0.39 is 17.9 Å². The van der Waals surface area contributed by atoms with E-state index in [0.717, 1.165) is 11.1 Å². The largest absolute Gasteiger partial charge is 0.435 e. The van der Waals surface area contributed by atoms with Crippen LogP contribution in [0.25, 0.3) is 0 Å². The predicted molar refractivity (Wildman–Crippen MR) is 67.6 cm³/mol. The third-order valence-corrected chi connectivity index (χ3v) is 2.87. The fourth-order valence-corrected chi connectivity index (χ4v) is 1.94. The van der Waals surface area contributed by atoms with Gasteiger partial charge in [-0.05, 0) is 6.42 Å². The number of nitrogens with two attached hydrogens (primary N) is 1. The van der Waals surface area contributed by atoms with E-state index in [9.17, 15) is 18.0 Å². The normalized spacial score (nSPS) is 13.3. The Hall–Kier alpha value is -1.57. The van der Waals surface area contributed by atoms with E-state index in [1.165, 1.54) is 25.2 Å². The number of alkyl halides is 3. The van der Waals surface area contributed by atoms with Crippen molar-refractivity contribution >= 4 is 5.91 Å². The third-order valence-electron chi connectivity index (χ3n) is 2.87. The van der Waals surface area contributed by atoms with Gasteiger partial charge in [0.1, 0.15) is 0 Å². The van der Waals surface area contributed by atoms with Gasteiger partial charge in [-0.15, -0.1) is 0 Å². The van der Waals surface area contributed by atoms with Gasteiger partial charge in [0.05, 0.1) is 6.04 Å². The molecule has 8 heteroatoms. The van der Waals surface area contributed by atoms with Crippen LogP contribution in [0.1, 0.15) is 31.0 Å². The van der Waals surface area contributed by atoms with E-state index in [1.807, 2.05) is 6.92 Å². The number of aromatic nitrogens is 2. The molecule has 0 aromatic carbocycles. The molecule has 1 rings (SSSR count). The highest BCUT2D eigenvalue weighted by Gasteiger charge is 2.37. The van der Waals surface area contributed by atoms with Crippen LogP contribution >= 0.6 is 0 Å². The molecule has 1 aromatic heterocycles. The summed E-state index contributed by atoms with van der Waals surface area (Å²) in [5.41, 5.74) is 4.67. The molecule has 0 unspecified atom stereocenters. The highest BCUT2D eigenvalue weighted by molar-refractivity contribution is 5.81. The molecule has 20 heavy (non-hydrogen) atoms. The van der Waals surface area contributed by atoms with Crippen LogP contribution in [0.4, 0.5) is 13.2 Å². The van der Waals surface area contributed by atoms with Crippen LogP contribution in [0.3, 0.4) is 0 Å². The molecule has 0 bridgehead atoms. The molecule has 1 aromatic rings. The van der Waals surface area contributed by atoms with E-state index in [4.69, 9.17) is 5.73 Å². The zero-order valence-electron chi connectivity index (χ0n) is 11.7. The molecule has 0 aliphatic heterocycles. The van der Waals surface area contributed by atoms with Crippen molar-refractivity contribution in [2.45, 2.75) is 38.5 Å². The lowest BCUT2D eigenvalue weighted by Crippen LogP contribution is -2.41. The monoisotopic (exact) mass is 292 g/mol. The zero-order valence-corrected chi connectivity index (χ0v) is 11.7. The van der Waals surface area contributed by atoms with Crippen LogP contribution in [0, 0.1) is 0 Å². The Morgan fingerprint density at radius 2 is 2.15 bits per heavy atom. The highest BCUT2D eigenvalue weighted by atomic mass is 19.4. The first-order chi connectivity index (χ1) is 9.16. The van der Waals surface area contributed by atoms with Crippen molar-refractivity contribution < 1.29 is 18.0 Å². The maximum absolute atomic E-state index is 12.8. The maximum Gasteiger partial charge on any atom is 0.435 e. The SMILES string of the molecule is CCC[C@@H](N)C(=O)N(C)Cc1cn(C)nc1C(F)(F)F. The Bertz CT molecular complexity index is 470. The molecular weight excluding hydrogens is 273 g/mol. The number of carbonyl (C=O) groups is 1. The van der Waals surface area contributed by atoms with Gasteiger partial charge in [0.15, 0.2) is 5.69 Å². The lowest BCUT2D eigenvalue weighted by Gasteiger charge is -2.21.